The van der Waals surface area contributed by atoms with Crippen LogP contribution in [-0.4, -0.2) is 13.1 Å². The van der Waals surface area contributed by atoms with Crippen molar-refractivity contribution in [2.45, 2.75) is 26.7 Å². The van der Waals surface area contributed by atoms with Gasteiger partial charge >= 0.3 is 0 Å². The van der Waals surface area contributed by atoms with Gasteiger partial charge in [0.2, 0.25) is 0 Å². The van der Waals surface area contributed by atoms with E-state index < -0.39 is 0 Å². The third-order valence-corrected chi connectivity index (χ3v) is 3.90. The van der Waals surface area contributed by atoms with Crippen molar-refractivity contribution in [2.75, 3.05) is 18.0 Å². The number of nitriles is 1. The van der Waals surface area contributed by atoms with Gasteiger partial charge in [-0.2, -0.15) is 5.26 Å². The molecule has 0 aromatic heterocycles. The molecule has 0 amide bonds. The highest BCUT2D eigenvalue weighted by atomic mass is 19.1. The van der Waals surface area contributed by atoms with E-state index in [4.69, 9.17) is 5.26 Å². The second kappa shape index (κ2) is 5.39. The van der Waals surface area contributed by atoms with E-state index in [-0.39, 0.29) is 5.82 Å². The van der Waals surface area contributed by atoms with E-state index in [1.165, 1.54) is 6.07 Å². The second-order valence-electron chi connectivity index (χ2n) is 5.35. The SMILES string of the molecule is CC(C)C1CCN(c2ccc(C#N)cc2F)CC1. The number of halogens is 1. The van der Waals surface area contributed by atoms with Gasteiger partial charge in [-0.3, -0.25) is 0 Å². The minimum atomic E-state index is -0.281. The van der Waals surface area contributed by atoms with Gasteiger partial charge in [-0.15, -0.1) is 0 Å². The Bertz CT molecular complexity index is 454. The van der Waals surface area contributed by atoms with E-state index in [1.807, 2.05) is 6.07 Å². The van der Waals surface area contributed by atoms with Crippen LogP contribution >= 0.6 is 0 Å². The molecule has 1 aromatic rings. The summed E-state index contributed by atoms with van der Waals surface area (Å²) in [5.41, 5.74) is 1.02. The van der Waals surface area contributed by atoms with Crippen LogP contribution in [0, 0.1) is 29.0 Å². The Morgan fingerprint density at radius 2 is 2.00 bits per heavy atom. The predicted molar refractivity (Wildman–Crippen MR) is 70.9 cm³/mol. The highest BCUT2D eigenvalue weighted by Gasteiger charge is 2.23. The maximum Gasteiger partial charge on any atom is 0.147 e. The number of hydrogen-bond acceptors (Lipinski definition) is 2. The first-order valence-corrected chi connectivity index (χ1v) is 6.56. The Balaban J connectivity index is 2.08. The summed E-state index contributed by atoms with van der Waals surface area (Å²) in [6.45, 7) is 6.32. The highest BCUT2D eigenvalue weighted by molar-refractivity contribution is 5.51. The van der Waals surface area contributed by atoms with Gasteiger partial charge in [0, 0.05) is 13.1 Å². The van der Waals surface area contributed by atoms with Crippen LogP contribution in [0.4, 0.5) is 10.1 Å². The lowest BCUT2D eigenvalue weighted by Gasteiger charge is -2.35. The predicted octanol–water partition coefficient (Wildman–Crippen LogP) is 3.57. The first kappa shape index (κ1) is 12.9. The largest absolute Gasteiger partial charge is 0.369 e. The molecule has 0 unspecified atom stereocenters. The fourth-order valence-electron chi connectivity index (χ4n) is 2.64. The third-order valence-electron chi connectivity index (χ3n) is 3.90. The standard InChI is InChI=1S/C15H19FN2/c1-11(2)13-5-7-18(8-6-13)15-4-3-12(10-17)9-14(15)16/h3-4,9,11,13H,5-8H2,1-2H3. The molecule has 2 nitrogen and oxygen atoms in total. The van der Waals surface area contributed by atoms with Gasteiger partial charge in [0.25, 0.3) is 0 Å². The minimum absolute atomic E-state index is 0.281. The molecular weight excluding hydrogens is 227 g/mol. The Labute approximate surface area is 108 Å². The van der Waals surface area contributed by atoms with E-state index in [1.54, 1.807) is 12.1 Å². The average molecular weight is 246 g/mol. The first-order valence-electron chi connectivity index (χ1n) is 6.56. The molecule has 0 radical (unpaired) electrons. The molecule has 1 aliphatic heterocycles. The first-order chi connectivity index (χ1) is 8.61. The quantitative estimate of drug-likeness (QED) is 0.797. The number of nitrogens with zero attached hydrogens (tertiary/aromatic N) is 2. The van der Waals surface area contributed by atoms with Gasteiger partial charge in [-0.05, 0) is 42.9 Å². The number of anilines is 1. The van der Waals surface area contributed by atoms with Crippen LogP contribution < -0.4 is 4.90 Å². The molecule has 0 atom stereocenters. The zero-order valence-corrected chi connectivity index (χ0v) is 11.0. The maximum absolute atomic E-state index is 13.9. The number of rotatable bonds is 2. The number of benzene rings is 1. The highest BCUT2D eigenvalue weighted by Crippen LogP contribution is 2.29. The molecule has 96 valence electrons. The second-order valence-corrected chi connectivity index (χ2v) is 5.35. The van der Waals surface area contributed by atoms with Crippen molar-refractivity contribution in [2.24, 2.45) is 11.8 Å². The smallest absolute Gasteiger partial charge is 0.147 e. The molecular formula is C15H19FN2. The molecule has 0 saturated carbocycles. The third kappa shape index (κ3) is 2.64. The van der Waals surface area contributed by atoms with Crippen LogP contribution in [-0.2, 0) is 0 Å². The van der Waals surface area contributed by atoms with Crippen LogP contribution in [0.25, 0.3) is 0 Å². The van der Waals surface area contributed by atoms with Gasteiger partial charge in [0.1, 0.15) is 5.82 Å². The summed E-state index contributed by atoms with van der Waals surface area (Å²) < 4.78 is 13.9. The van der Waals surface area contributed by atoms with Crippen LogP contribution in [0.15, 0.2) is 18.2 Å². The maximum atomic E-state index is 13.9. The van der Waals surface area contributed by atoms with E-state index in [0.717, 1.165) is 31.8 Å². The molecule has 3 heteroatoms. The summed E-state index contributed by atoms with van der Waals surface area (Å²) in [5, 5.41) is 8.73. The Hall–Kier alpha value is -1.56. The molecule has 1 saturated heterocycles. The topological polar surface area (TPSA) is 27.0 Å². The van der Waals surface area contributed by atoms with Crippen molar-refractivity contribution in [3.8, 4) is 6.07 Å². The summed E-state index contributed by atoms with van der Waals surface area (Å²) in [4.78, 5) is 2.09. The molecule has 1 heterocycles. The van der Waals surface area contributed by atoms with Crippen molar-refractivity contribution in [1.29, 1.82) is 5.26 Å². The summed E-state index contributed by atoms with van der Waals surface area (Å²) in [6, 6.07) is 6.70. The van der Waals surface area contributed by atoms with Gasteiger partial charge in [-0.1, -0.05) is 13.8 Å². The zero-order valence-electron chi connectivity index (χ0n) is 11.0. The van der Waals surface area contributed by atoms with E-state index in [0.29, 0.717) is 17.2 Å². The summed E-state index contributed by atoms with van der Waals surface area (Å²) in [7, 11) is 0. The van der Waals surface area contributed by atoms with E-state index in [9.17, 15) is 4.39 Å². The lowest BCUT2D eigenvalue weighted by molar-refractivity contribution is 0.310. The van der Waals surface area contributed by atoms with Crippen molar-refractivity contribution in [3.63, 3.8) is 0 Å². The average Bonchev–Trinajstić information content (AvgIpc) is 2.38. The Morgan fingerprint density at radius 3 is 2.50 bits per heavy atom. The fraction of sp³-hybridized carbons (Fsp3) is 0.533. The van der Waals surface area contributed by atoms with Crippen LogP contribution in [0.5, 0.6) is 0 Å². The van der Waals surface area contributed by atoms with Crippen molar-refractivity contribution >= 4 is 5.69 Å². The monoisotopic (exact) mass is 246 g/mol. The zero-order chi connectivity index (χ0) is 13.1. The van der Waals surface area contributed by atoms with Crippen molar-refractivity contribution in [1.82, 2.24) is 0 Å². The Morgan fingerprint density at radius 1 is 1.33 bits per heavy atom. The van der Waals surface area contributed by atoms with Crippen molar-refractivity contribution in [3.05, 3.63) is 29.6 Å². The Kier molecular flexibility index (Phi) is 3.86. The minimum Gasteiger partial charge on any atom is -0.369 e. The molecule has 1 aliphatic rings. The lowest BCUT2D eigenvalue weighted by Crippen LogP contribution is -2.35. The molecule has 0 N–H and O–H groups in total. The van der Waals surface area contributed by atoms with Crippen molar-refractivity contribution < 1.29 is 4.39 Å². The van der Waals surface area contributed by atoms with Crippen LogP contribution in [0.1, 0.15) is 32.3 Å². The molecule has 18 heavy (non-hydrogen) atoms. The normalized spacial score (nSPS) is 16.9. The van der Waals surface area contributed by atoms with Gasteiger partial charge < -0.3 is 4.90 Å². The van der Waals surface area contributed by atoms with Gasteiger partial charge in [0.15, 0.2) is 0 Å². The molecule has 1 aromatic carbocycles. The summed E-state index contributed by atoms with van der Waals surface area (Å²) in [6.07, 6.45) is 2.24. The fourth-order valence-corrected chi connectivity index (χ4v) is 2.64. The van der Waals surface area contributed by atoms with Crippen LogP contribution in [0.3, 0.4) is 0 Å². The molecule has 1 fully saturated rings. The van der Waals surface area contributed by atoms with Crippen LogP contribution in [0.2, 0.25) is 0 Å². The summed E-state index contributed by atoms with van der Waals surface area (Å²) >= 11 is 0. The van der Waals surface area contributed by atoms with Gasteiger partial charge in [-0.25, -0.2) is 4.39 Å². The molecule has 0 bridgehead atoms. The van der Waals surface area contributed by atoms with E-state index in [2.05, 4.69) is 18.7 Å². The summed E-state index contributed by atoms with van der Waals surface area (Å²) in [5.74, 6) is 1.18. The molecule has 0 spiro atoms. The number of piperidine rings is 1. The van der Waals surface area contributed by atoms with Gasteiger partial charge in [0.05, 0.1) is 17.3 Å². The molecule has 2 rings (SSSR count). The molecule has 0 aliphatic carbocycles. The van der Waals surface area contributed by atoms with E-state index >= 15 is 0 Å². The number of hydrogen-bond donors (Lipinski definition) is 0. The lowest BCUT2D eigenvalue weighted by atomic mass is 9.86.